The summed E-state index contributed by atoms with van der Waals surface area (Å²) in [5.74, 6) is -0.881. The quantitative estimate of drug-likeness (QED) is 0.871. The summed E-state index contributed by atoms with van der Waals surface area (Å²) in [4.78, 5) is 11.8. The van der Waals surface area contributed by atoms with E-state index in [2.05, 4.69) is 17.3 Å². The topological polar surface area (TPSA) is 67.2 Å². The molecule has 5 nitrogen and oxygen atoms in total. The number of hydrogen-bond acceptors (Lipinski definition) is 4. The third-order valence-electron chi connectivity index (χ3n) is 2.59. The number of aryl methyl sites for hydroxylation is 2. The number of nitrogens with zero attached hydrogens (tertiary/aromatic N) is 2. The molecule has 6 heteroatoms. The van der Waals surface area contributed by atoms with E-state index in [9.17, 15) is 4.79 Å². The zero-order valence-electron chi connectivity index (χ0n) is 10.3. The van der Waals surface area contributed by atoms with Gasteiger partial charge < -0.3 is 10.4 Å². The summed E-state index contributed by atoms with van der Waals surface area (Å²) in [6.45, 7) is 2.68. The molecule has 0 aromatic carbocycles. The fourth-order valence-corrected chi connectivity index (χ4v) is 2.51. The molecular weight excluding hydrogens is 250 g/mol. The van der Waals surface area contributed by atoms with Crippen molar-refractivity contribution in [2.75, 3.05) is 5.32 Å². The van der Waals surface area contributed by atoms with Gasteiger partial charge in [-0.1, -0.05) is 6.92 Å². The van der Waals surface area contributed by atoms with Crippen LogP contribution in [0, 0.1) is 0 Å². The van der Waals surface area contributed by atoms with Crippen LogP contribution >= 0.6 is 11.3 Å². The Bertz CT molecular complexity index is 559. The van der Waals surface area contributed by atoms with E-state index in [1.807, 2.05) is 13.2 Å². The van der Waals surface area contributed by atoms with Crippen LogP contribution in [-0.4, -0.2) is 20.9 Å². The summed E-state index contributed by atoms with van der Waals surface area (Å²) in [6.07, 6.45) is 2.80. The highest BCUT2D eigenvalue weighted by Crippen LogP contribution is 2.19. The number of carboxylic acid groups (broad SMARTS) is 1. The van der Waals surface area contributed by atoms with Crippen LogP contribution in [0.5, 0.6) is 0 Å². The van der Waals surface area contributed by atoms with Crippen molar-refractivity contribution in [3.05, 3.63) is 33.8 Å². The van der Waals surface area contributed by atoms with Crippen LogP contribution in [0.4, 0.5) is 5.69 Å². The summed E-state index contributed by atoms with van der Waals surface area (Å²) in [5.41, 5.74) is 2.37. The van der Waals surface area contributed by atoms with E-state index in [0.717, 1.165) is 22.7 Å². The van der Waals surface area contributed by atoms with Crippen LogP contribution < -0.4 is 5.32 Å². The van der Waals surface area contributed by atoms with Crippen LogP contribution in [-0.2, 0) is 20.0 Å². The zero-order valence-corrected chi connectivity index (χ0v) is 11.1. The second-order valence-corrected chi connectivity index (χ2v) is 4.97. The van der Waals surface area contributed by atoms with Crippen molar-refractivity contribution < 1.29 is 9.90 Å². The molecule has 2 aromatic rings. The van der Waals surface area contributed by atoms with Crippen molar-refractivity contribution >= 4 is 23.0 Å². The van der Waals surface area contributed by atoms with Gasteiger partial charge in [-0.15, -0.1) is 11.3 Å². The van der Waals surface area contributed by atoms with Crippen LogP contribution in [0.15, 0.2) is 17.6 Å². The molecule has 0 fully saturated rings. The highest BCUT2D eigenvalue weighted by molar-refractivity contribution is 7.10. The molecule has 2 N–H and O–H groups in total. The first-order valence-electron chi connectivity index (χ1n) is 5.67. The lowest BCUT2D eigenvalue weighted by Crippen LogP contribution is -1.99. The maximum absolute atomic E-state index is 10.8. The molecule has 0 aliphatic rings. The van der Waals surface area contributed by atoms with Crippen LogP contribution in [0.1, 0.15) is 27.9 Å². The minimum Gasteiger partial charge on any atom is -0.478 e. The third-order valence-corrected chi connectivity index (χ3v) is 3.53. The second-order valence-electron chi connectivity index (χ2n) is 3.98. The molecule has 0 unspecified atom stereocenters. The lowest BCUT2D eigenvalue weighted by atomic mass is 10.3. The number of anilines is 1. The lowest BCUT2D eigenvalue weighted by molar-refractivity contribution is 0.0697. The Kier molecular flexibility index (Phi) is 3.66. The van der Waals surface area contributed by atoms with Crippen molar-refractivity contribution in [2.24, 2.45) is 7.05 Å². The standard InChI is InChI=1S/C12H15N3O2S/c1-3-10-11(6-15(2)14-10)13-5-9-4-8(7-18-9)12(16)17/h4,6-7,13H,3,5H2,1-2H3,(H,16,17). The van der Waals surface area contributed by atoms with Crippen molar-refractivity contribution in [2.45, 2.75) is 19.9 Å². The number of aromatic carboxylic acids is 1. The van der Waals surface area contributed by atoms with Gasteiger partial charge in [-0.25, -0.2) is 4.79 Å². The SMILES string of the molecule is CCc1nn(C)cc1NCc1cc(C(=O)O)cs1. The maximum atomic E-state index is 10.8. The number of hydrogen-bond donors (Lipinski definition) is 2. The van der Waals surface area contributed by atoms with E-state index >= 15 is 0 Å². The predicted octanol–water partition coefficient (Wildman–Crippen LogP) is 2.35. The van der Waals surface area contributed by atoms with Gasteiger partial charge in [0.1, 0.15) is 0 Å². The van der Waals surface area contributed by atoms with Gasteiger partial charge in [0.2, 0.25) is 0 Å². The van der Waals surface area contributed by atoms with Crippen molar-refractivity contribution in [3.63, 3.8) is 0 Å². The normalized spacial score (nSPS) is 10.6. The van der Waals surface area contributed by atoms with Gasteiger partial charge in [-0.2, -0.15) is 5.10 Å². The molecular formula is C12H15N3O2S. The lowest BCUT2D eigenvalue weighted by Gasteiger charge is -2.02. The predicted molar refractivity (Wildman–Crippen MR) is 71.2 cm³/mol. The molecule has 0 atom stereocenters. The van der Waals surface area contributed by atoms with Crippen molar-refractivity contribution in [3.8, 4) is 0 Å². The summed E-state index contributed by atoms with van der Waals surface area (Å²) in [6, 6.07) is 1.70. The highest BCUT2D eigenvalue weighted by atomic mass is 32.1. The summed E-state index contributed by atoms with van der Waals surface area (Å²) >= 11 is 1.45. The number of aromatic nitrogens is 2. The van der Waals surface area contributed by atoms with Gasteiger partial charge in [-0.3, -0.25) is 4.68 Å². The zero-order chi connectivity index (χ0) is 13.1. The number of rotatable bonds is 5. The maximum Gasteiger partial charge on any atom is 0.336 e. The molecule has 2 heterocycles. The van der Waals surface area contributed by atoms with Gasteiger partial charge in [0, 0.05) is 30.0 Å². The molecule has 0 aliphatic carbocycles. The minimum atomic E-state index is -0.881. The molecule has 0 bridgehead atoms. The Morgan fingerprint density at radius 3 is 3.00 bits per heavy atom. The molecule has 2 aromatic heterocycles. The van der Waals surface area contributed by atoms with E-state index < -0.39 is 5.97 Å². The summed E-state index contributed by atoms with van der Waals surface area (Å²) in [7, 11) is 1.89. The third kappa shape index (κ3) is 2.70. The van der Waals surface area contributed by atoms with Crippen LogP contribution in [0.3, 0.4) is 0 Å². The van der Waals surface area contributed by atoms with Gasteiger partial charge in [0.15, 0.2) is 0 Å². The average molecular weight is 265 g/mol. The molecule has 18 heavy (non-hydrogen) atoms. The highest BCUT2D eigenvalue weighted by Gasteiger charge is 2.08. The molecule has 0 amide bonds. The first kappa shape index (κ1) is 12.6. The van der Waals surface area contributed by atoms with E-state index in [4.69, 9.17) is 5.11 Å². The first-order valence-corrected chi connectivity index (χ1v) is 6.55. The van der Waals surface area contributed by atoms with E-state index in [-0.39, 0.29) is 0 Å². The summed E-state index contributed by atoms with van der Waals surface area (Å²) in [5, 5.41) is 18.1. The number of carboxylic acids is 1. The Morgan fingerprint density at radius 2 is 2.39 bits per heavy atom. The molecule has 2 rings (SSSR count). The van der Waals surface area contributed by atoms with Gasteiger partial charge in [-0.05, 0) is 12.5 Å². The molecule has 0 saturated heterocycles. The Balaban J connectivity index is 2.04. The van der Waals surface area contributed by atoms with Gasteiger partial charge >= 0.3 is 5.97 Å². The van der Waals surface area contributed by atoms with Crippen LogP contribution in [0.2, 0.25) is 0 Å². The Labute approximate surface area is 109 Å². The molecule has 96 valence electrons. The van der Waals surface area contributed by atoms with E-state index in [0.29, 0.717) is 12.1 Å². The molecule has 0 aliphatic heterocycles. The van der Waals surface area contributed by atoms with E-state index in [1.54, 1.807) is 16.1 Å². The molecule has 0 spiro atoms. The number of carbonyl (C=O) groups is 1. The Morgan fingerprint density at radius 1 is 1.61 bits per heavy atom. The van der Waals surface area contributed by atoms with E-state index in [1.165, 1.54) is 11.3 Å². The van der Waals surface area contributed by atoms with Crippen LogP contribution in [0.25, 0.3) is 0 Å². The fraction of sp³-hybridized carbons (Fsp3) is 0.333. The minimum absolute atomic E-state index is 0.346. The Hall–Kier alpha value is -1.82. The average Bonchev–Trinajstić information content (AvgIpc) is 2.92. The van der Waals surface area contributed by atoms with Gasteiger partial charge in [0.05, 0.1) is 16.9 Å². The molecule has 0 radical (unpaired) electrons. The van der Waals surface area contributed by atoms with Gasteiger partial charge in [0.25, 0.3) is 0 Å². The largest absolute Gasteiger partial charge is 0.478 e. The summed E-state index contributed by atoms with van der Waals surface area (Å²) < 4.78 is 1.78. The smallest absolute Gasteiger partial charge is 0.336 e. The fourth-order valence-electron chi connectivity index (χ4n) is 1.71. The first-order chi connectivity index (χ1) is 8.60. The van der Waals surface area contributed by atoms with Crippen molar-refractivity contribution in [1.82, 2.24) is 9.78 Å². The van der Waals surface area contributed by atoms with Crippen molar-refractivity contribution in [1.29, 1.82) is 0 Å². The monoisotopic (exact) mass is 265 g/mol. The second kappa shape index (κ2) is 5.22. The number of nitrogens with one attached hydrogen (secondary N) is 1. The molecule has 0 saturated carbocycles. The number of thiophene rings is 1.